The van der Waals surface area contributed by atoms with Crippen LogP contribution in [0.3, 0.4) is 0 Å². The minimum atomic E-state index is 0. The van der Waals surface area contributed by atoms with Crippen LogP contribution in [0, 0.1) is 0 Å². The summed E-state index contributed by atoms with van der Waals surface area (Å²) in [5, 5.41) is 0. The van der Waals surface area contributed by atoms with Crippen LogP contribution in [0.25, 0.3) is 0 Å². The predicted octanol–water partition coefficient (Wildman–Crippen LogP) is 1.93. The van der Waals surface area contributed by atoms with Crippen LogP contribution in [0.1, 0.15) is 0 Å². The van der Waals surface area contributed by atoms with E-state index in [9.17, 15) is 0 Å². The Morgan fingerprint density at radius 2 is 2.12 bits per heavy atom. The van der Waals surface area contributed by atoms with Crippen LogP contribution in [-0.4, -0.2) is 6.61 Å². The molecule has 0 heterocycles. The van der Waals surface area contributed by atoms with Crippen molar-refractivity contribution < 1.29 is 4.84 Å². The van der Waals surface area contributed by atoms with Crippen molar-refractivity contribution >= 4 is 44.3 Å². The van der Waals surface area contributed by atoms with Gasteiger partial charge in [0.1, 0.15) is 0 Å². The summed E-state index contributed by atoms with van der Waals surface area (Å²) >= 11 is 6.24. The standard InChI is InChI=1S/C3H5Br2NO.ClH/c4-3(5)1-2-7-6;/h1H,2,6H2;1H. The quantitative estimate of drug-likeness (QED) is 0.776. The first-order valence-electron chi connectivity index (χ1n) is 1.60. The lowest BCUT2D eigenvalue weighted by Gasteiger charge is -1.84. The summed E-state index contributed by atoms with van der Waals surface area (Å²) in [6.45, 7) is 0.422. The molecule has 0 aromatic carbocycles. The van der Waals surface area contributed by atoms with Crippen molar-refractivity contribution in [1.82, 2.24) is 0 Å². The Kier molecular flexibility index (Phi) is 11.5. The SMILES string of the molecule is Cl.NOCC=C(Br)Br. The molecule has 0 aliphatic carbocycles. The normalized spacial score (nSPS) is 7.38. The van der Waals surface area contributed by atoms with E-state index in [4.69, 9.17) is 5.90 Å². The smallest absolute Gasteiger partial charge is 0.0879 e. The maximum absolute atomic E-state index is 4.69. The van der Waals surface area contributed by atoms with E-state index in [-0.39, 0.29) is 12.4 Å². The van der Waals surface area contributed by atoms with Crippen LogP contribution in [0.4, 0.5) is 0 Å². The first-order valence-corrected chi connectivity index (χ1v) is 3.19. The lowest BCUT2D eigenvalue weighted by atomic mass is 10.7. The second kappa shape index (κ2) is 7.91. The fourth-order valence-corrected chi connectivity index (χ4v) is 0.375. The van der Waals surface area contributed by atoms with Gasteiger partial charge in [-0.2, -0.15) is 0 Å². The van der Waals surface area contributed by atoms with Gasteiger partial charge in [0, 0.05) is 0 Å². The van der Waals surface area contributed by atoms with Crippen molar-refractivity contribution in [1.29, 1.82) is 0 Å². The van der Waals surface area contributed by atoms with Crippen molar-refractivity contribution in [3.63, 3.8) is 0 Å². The summed E-state index contributed by atoms with van der Waals surface area (Å²) in [7, 11) is 0. The molecule has 0 saturated carbocycles. The topological polar surface area (TPSA) is 35.2 Å². The van der Waals surface area contributed by atoms with Gasteiger partial charge in [0.2, 0.25) is 0 Å². The zero-order chi connectivity index (χ0) is 5.70. The molecule has 0 amide bonds. The van der Waals surface area contributed by atoms with Crippen molar-refractivity contribution in [2.45, 2.75) is 0 Å². The van der Waals surface area contributed by atoms with Crippen molar-refractivity contribution in [3.8, 4) is 0 Å². The third kappa shape index (κ3) is 10.0. The number of hydrogen-bond donors (Lipinski definition) is 1. The highest BCUT2D eigenvalue weighted by atomic mass is 79.9. The number of halogens is 3. The molecule has 0 radical (unpaired) electrons. The number of hydrogen-bond acceptors (Lipinski definition) is 2. The van der Waals surface area contributed by atoms with Gasteiger partial charge in [-0.25, -0.2) is 5.90 Å². The largest absolute Gasteiger partial charge is 0.300 e. The maximum atomic E-state index is 4.69. The number of rotatable bonds is 2. The van der Waals surface area contributed by atoms with Crippen LogP contribution in [0.15, 0.2) is 9.47 Å². The molecule has 0 aromatic rings. The van der Waals surface area contributed by atoms with Gasteiger partial charge >= 0.3 is 0 Å². The molecule has 0 bridgehead atoms. The average molecular weight is 267 g/mol. The minimum Gasteiger partial charge on any atom is -0.300 e. The maximum Gasteiger partial charge on any atom is 0.0879 e. The lowest BCUT2D eigenvalue weighted by molar-refractivity contribution is 0.168. The van der Waals surface area contributed by atoms with E-state index in [1.54, 1.807) is 6.08 Å². The van der Waals surface area contributed by atoms with Gasteiger partial charge in [-0.3, -0.25) is 0 Å². The Bertz CT molecular complexity index is 73.7. The fraction of sp³-hybridized carbons (Fsp3) is 0.333. The highest BCUT2D eigenvalue weighted by Gasteiger charge is 1.77. The van der Waals surface area contributed by atoms with Gasteiger partial charge in [-0.1, -0.05) is 0 Å². The van der Waals surface area contributed by atoms with Crippen LogP contribution in [0.2, 0.25) is 0 Å². The molecule has 0 unspecified atom stereocenters. The van der Waals surface area contributed by atoms with Gasteiger partial charge in [0.25, 0.3) is 0 Å². The summed E-state index contributed by atoms with van der Waals surface area (Å²) in [5.74, 6) is 4.69. The molecule has 0 saturated heterocycles. The van der Waals surface area contributed by atoms with Crippen LogP contribution in [-0.2, 0) is 4.84 Å². The van der Waals surface area contributed by atoms with Crippen LogP contribution in [0.5, 0.6) is 0 Å². The fourth-order valence-electron chi connectivity index (χ4n) is 0.111. The first-order chi connectivity index (χ1) is 3.27. The monoisotopic (exact) mass is 265 g/mol. The van der Waals surface area contributed by atoms with Crippen molar-refractivity contribution in [3.05, 3.63) is 9.47 Å². The zero-order valence-electron chi connectivity index (χ0n) is 3.93. The first kappa shape index (κ1) is 11.7. The molecule has 0 rings (SSSR count). The van der Waals surface area contributed by atoms with E-state index < -0.39 is 0 Å². The lowest BCUT2D eigenvalue weighted by Crippen LogP contribution is -1.96. The second-order valence-corrected chi connectivity index (χ2v) is 3.60. The molecule has 0 aliphatic heterocycles. The molecular formula is C3H6Br2ClNO. The molecule has 2 N–H and O–H groups in total. The highest BCUT2D eigenvalue weighted by molar-refractivity contribution is 9.28. The second-order valence-electron chi connectivity index (χ2n) is 0.827. The minimum absolute atomic E-state index is 0. The molecule has 0 aliphatic rings. The Morgan fingerprint density at radius 3 is 2.25 bits per heavy atom. The molecule has 0 fully saturated rings. The molecule has 2 nitrogen and oxygen atoms in total. The van der Waals surface area contributed by atoms with Gasteiger partial charge in [-0.15, -0.1) is 12.4 Å². The summed E-state index contributed by atoms with van der Waals surface area (Å²) < 4.78 is 0.852. The van der Waals surface area contributed by atoms with Crippen LogP contribution < -0.4 is 5.90 Å². The van der Waals surface area contributed by atoms with E-state index >= 15 is 0 Å². The van der Waals surface area contributed by atoms with Gasteiger partial charge in [0.05, 0.1) is 10.00 Å². The Morgan fingerprint density at radius 1 is 1.62 bits per heavy atom. The Labute approximate surface area is 71.1 Å². The number of nitrogens with two attached hydrogens (primary N) is 1. The van der Waals surface area contributed by atoms with E-state index in [0.717, 1.165) is 3.39 Å². The summed E-state index contributed by atoms with van der Waals surface area (Å²) in [4.78, 5) is 4.22. The van der Waals surface area contributed by atoms with Crippen LogP contribution >= 0.6 is 44.3 Å². The van der Waals surface area contributed by atoms with E-state index in [2.05, 4.69) is 36.7 Å². The Balaban J connectivity index is 0. The summed E-state index contributed by atoms with van der Waals surface area (Å²) in [6.07, 6.45) is 1.75. The predicted molar refractivity (Wildman–Crippen MR) is 43.3 cm³/mol. The third-order valence-corrected chi connectivity index (χ3v) is 0.981. The van der Waals surface area contributed by atoms with E-state index in [1.165, 1.54) is 0 Å². The highest BCUT2D eigenvalue weighted by Crippen LogP contribution is 2.11. The molecule has 0 atom stereocenters. The summed E-state index contributed by atoms with van der Waals surface area (Å²) in [6, 6.07) is 0. The van der Waals surface area contributed by atoms with E-state index in [0.29, 0.717) is 6.61 Å². The third-order valence-electron chi connectivity index (χ3n) is 0.334. The molecule has 8 heavy (non-hydrogen) atoms. The zero-order valence-corrected chi connectivity index (χ0v) is 7.92. The molecule has 5 heteroatoms. The van der Waals surface area contributed by atoms with Gasteiger partial charge < -0.3 is 4.84 Å². The van der Waals surface area contributed by atoms with E-state index in [1.807, 2.05) is 0 Å². The van der Waals surface area contributed by atoms with Crippen molar-refractivity contribution in [2.75, 3.05) is 6.61 Å². The molecule has 50 valence electrons. The molecule has 0 spiro atoms. The summed E-state index contributed by atoms with van der Waals surface area (Å²) in [5.41, 5.74) is 0. The van der Waals surface area contributed by atoms with Gasteiger partial charge in [-0.05, 0) is 37.9 Å². The average Bonchev–Trinajstić information content (AvgIpc) is 1.61. The van der Waals surface area contributed by atoms with Gasteiger partial charge in [0.15, 0.2) is 0 Å². The Hall–Kier alpha value is 0.910. The molecule has 0 aromatic heterocycles. The van der Waals surface area contributed by atoms with Crippen molar-refractivity contribution in [2.24, 2.45) is 5.90 Å². The molecular weight excluding hydrogens is 261 g/mol.